The highest BCUT2D eigenvalue weighted by Gasteiger charge is 2.14. The fourth-order valence-corrected chi connectivity index (χ4v) is 4.59. The van der Waals surface area contributed by atoms with Crippen molar-refractivity contribution in [1.29, 1.82) is 0 Å². The highest BCUT2D eigenvalue weighted by molar-refractivity contribution is 6.20. The van der Waals surface area contributed by atoms with Gasteiger partial charge in [0, 0.05) is 16.5 Å². The third-order valence-electron chi connectivity index (χ3n) is 6.20. The summed E-state index contributed by atoms with van der Waals surface area (Å²) in [6, 6.07) is 33.7. The van der Waals surface area contributed by atoms with Crippen molar-refractivity contribution in [3.05, 3.63) is 108 Å². The fraction of sp³-hybridized carbons (Fsp3) is 0.100. The van der Waals surface area contributed by atoms with E-state index >= 15 is 0 Å². The number of aromatic nitrogens is 1. The molecule has 0 fully saturated rings. The molecule has 5 aromatic rings. The van der Waals surface area contributed by atoms with Crippen LogP contribution in [0.3, 0.4) is 0 Å². The molecule has 3 nitrogen and oxygen atoms in total. The van der Waals surface area contributed by atoms with E-state index in [9.17, 15) is 4.79 Å². The number of benzene rings is 4. The van der Waals surface area contributed by atoms with E-state index in [0.29, 0.717) is 11.3 Å². The highest BCUT2D eigenvalue weighted by Crippen LogP contribution is 2.35. The van der Waals surface area contributed by atoms with Crippen LogP contribution in [0.5, 0.6) is 0 Å². The van der Waals surface area contributed by atoms with Crippen molar-refractivity contribution in [3.8, 4) is 16.8 Å². The number of ether oxygens (including phenoxy) is 1. The monoisotopic (exact) mass is 431 g/mol. The molecule has 0 saturated heterocycles. The van der Waals surface area contributed by atoms with Crippen LogP contribution < -0.4 is 0 Å². The summed E-state index contributed by atoms with van der Waals surface area (Å²) in [4.78, 5) is 12.1. The van der Waals surface area contributed by atoms with Crippen molar-refractivity contribution in [3.63, 3.8) is 0 Å². The Morgan fingerprint density at radius 1 is 0.697 bits per heavy atom. The van der Waals surface area contributed by atoms with E-state index in [-0.39, 0.29) is 5.78 Å². The number of para-hydroxylation sites is 2. The van der Waals surface area contributed by atoms with Crippen molar-refractivity contribution in [2.24, 2.45) is 0 Å². The van der Waals surface area contributed by atoms with E-state index in [1.54, 1.807) is 14.0 Å². The van der Waals surface area contributed by atoms with E-state index in [0.717, 1.165) is 22.4 Å². The van der Waals surface area contributed by atoms with Crippen molar-refractivity contribution >= 4 is 33.2 Å². The molecule has 0 aliphatic rings. The zero-order chi connectivity index (χ0) is 22.9. The first kappa shape index (κ1) is 20.8. The number of methoxy groups -OCH3 is 1. The van der Waals surface area contributed by atoms with Crippen LogP contribution in [0.4, 0.5) is 0 Å². The lowest BCUT2D eigenvalue weighted by Gasteiger charge is -2.10. The molecule has 0 spiro atoms. The maximum atomic E-state index is 12.1. The molecular weight excluding hydrogens is 406 g/mol. The maximum absolute atomic E-state index is 12.1. The van der Waals surface area contributed by atoms with Gasteiger partial charge in [0.1, 0.15) is 5.76 Å². The van der Waals surface area contributed by atoms with Gasteiger partial charge in [0.05, 0.1) is 23.7 Å². The molecule has 0 aliphatic heterocycles. The van der Waals surface area contributed by atoms with E-state index in [1.165, 1.54) is 21.8 Å². The molecule has 0 saturated carbocycles. The first-order chi connectivity index (χ1) is 16.1. The molecule has 3 heteroatoms. The minimum atomic E-state index is -0.00255. The van der Waals surface area contributed by atoms with Gasteiger partial charge in [-0.2, -0.15) is 0 Å². The summed E-state index contributed by atoms with van der Waals surface area (Å²) >= 11 is 0. The summed E-state index contributed by atoms with van der Waals surface area (Å²) in [5.41, 5.74) is 7.26. The van der Waals surface area contributed by atoms with Crippen molar-refractivity contribution < 1.29 is 9.53 Å². The molecule has 0 unspecified atom stereocenters. The number of hydrogen-bond acceptors (Lipinski definition) is 2. The highest BCUT2D eigenvalue weighted by atomic mass is 16.5. The van der Waals surface area contributed by atoms with Crippen LogP contribution in [0, 0.1) is 0 Å². The Bertz CT molecular complexity index is 1510. The number of ketones is 1. The number of allylic oxidation sites excluding steroid dienone is 2. The lowest BCUT2D eigenvalue weighted by Crippen LogP contribution is -2.00. The minimum Gasteiger partial charge on any atom is -0.501 e. The Hall–Kier alpha value is -4.11. The number of carbonyl (C=O) groups is 1. The van der Waals surface area contributed by atoms with Crippen molar-refractivity contribution in [2.75, 3.05) is 7.11 Å². The largest absolute Gasteiger partial charge is 0.501 e. The van der Waals surface area contributed by atoms with Crippen LogP contribution in [-0.2, 0) is 9.53 Å². The molecule has 1 heterocycles. The SMILES string of the molecule is CO/C(C)=C(\C(C)=O)c1ccc(-c2ccc3c(c2)c2ccccc2n3-c2ccccc2)cc1. The van der Waals surface area contributed by atoms with Crippen LogP contribution in [0.25, 0.3) is 44.2 Å². The van der Waals surface area contributed by atoms with Gasteiger partial charge >= 0.3 is 0 Å². The zero-order valence-corrected chi connectivity index (χ0v) is 19.0. The van der Waals surface area contributed by atoms with Gasteiger partial charge in [-0.25, -0.2) is 0 Å². The van der Waals surface area contributed by atoms with Crippen LogP contribution in [0.2, 0.25) is 0 Å². The Labute approximate surface area is 193 Å². The number of rotatable bonds is 5. The van der Waals surface area contributed by atoms with Crippen molar-refractivity contribution in [1.82, 2.24) is 4.57 Å². The van der Waals surface area contributed by atoms with Gasteiger partial charge in [-0.3, -0.25) is 4.79 Å². The summed E-state index contributed by atoms with van der Waals surface area (Å²) in [7, 11) is 1.59. The Morgan fingerprint density at radius 3 is 2.03 bits per heavy atom. The number of carbonyl (C=O) groups excluding carboxylic acids is 1. The topological polar surface area (TPSA) is 31.2 Å². The van der Waals surface area contributed by atoms with Gasteiger partial charge in [0.2, 0.25) is 0 Å². The number of hydrogen-bond donors (Lipinski definition) is 0. The Kier molecular flexibility index (Phi) is 5.31. The number of fused-ring (bicyclic) bond motifs is 3. The molecule has 0 atom stereocenters. The second kappa shape index (κ2) is 8.44. The predicted molar refractivity (Wildman–Crippen MR) is 137 cm³/mol. The lowest BCUT2D eigenvalue weighted by molar-refractivity contribution is -0.111. The third-order valence-corrected chi connectivity index (χ3v) is 6.20. The van der Waals surface area contributed by atoms with E-state index < -0.39 is 0 Å². The van der Waals surface area contributed by atoms with E-state index in [4.69, 9.17) is 4.74 Å². The van der Waals surface area contributed by atoms with Gasteiger partial charge in [0.15, 0.2) is 5.78 Å². The summed E-state index contributed by atoms with van der Waals surface area (Å²) in [6.07, 6.45) is 0. The molecule has 0 bridgehead atoms. The standard InChI is InChI=1S/C30H25NO2/c1-20(32)30(21(2)33-3)23-15-13-22(14-16-23)24-17-18-29-27(19-24)26-11-7-8-12-28(26)31(29)25-9-5-4-6-10-25/h4-19H,1-3H3/b30-21+. The molecular formula is C30H25NO2. The molecule has 0 radical (unpaired) electrons. The second-order valence-electron chi connectivity index (χ2n) is 8.19. The predicted octanol–water partition coefficient (Wildman–Crippen LogP) is 7.42. The normalized spacial score (nSPS) is 12.1. The first-order valence-electron chi connectivity index (χ1n) is 11.0. The van der Waals surface area contributed by atoms with Crippen LogP contribution in [0.15, 0.2) is 103 Å². The average Bonchev–Trinajstić information content (AvgIpc) is 3.18. The van der Waals surface area contributed by atoms with Gasteiger partial charge in [0.25, 0.3) is 0 Å². The molecule has 1 aromatic heterocycles. The van der Waals surface area contributed by atoms with Gasteiger partial charge in [-0.1, -0.05) is 66.7 Å². The third kappa shape index (κ3) is 3.62. The average molecular weight is 432 g/mol. The molecule has 162 valence electrons. The number of nitrogens with zero attached hydrogens (tertiary/aromatic N) is 1. The smallest absolute Gasteiger partial charge is 0.163 e. The zero-order valence-electron chi connectivity index (χ0n) is 19.0. The molecule has 5 rings (SSSR count). The van der Waals surface area contributed by atoms with Gasteiger partial charge in [-0.05, 0) is 60.9 Å². The summed E-state index contributed by atoms with van der Waals surface area (Å²) < 4.78 is 7.64. The summed E-state index contributed by atoms with van der Waals surface area (Å²) in [5.74, 6) is 0.627. The Morgan fingerprint density at radius 2 is 1.33 bits per heavy atom. The van der Waals surface area contributed by atoms with Crippen LogP contribution >= 0.6 is 0 Å². The summed E-state index contributed by atoms with van der Waals surface area (Å²) in [5, 5.41) is 2.45. The van der Waals surface area contributed by atoms with Gasteiger partial charge in [-0.15, -0.1) is 0 Å². The van der Waals surface area contributed by atoms with Gasteiger partial charge < -0.3 is 9.30 Å². The molecule has 0 N–H and O–H groups in total. The van der Waals surface area contributed by atoms with E-state index in [1.807, 2.05) is 25.1 Å². The summed E-state index contributed by atoms with van der Waals surface area (Å²) in [6.45, 7) is 3.39. The fourth-order valence-electron chi connectivity index (χ4n) is 4.59. The Balaban J connectivity index is 1.64. The second-order valence-corrected chi connectivity index (χ2v) is 8.19. The van der Waals surface area contributed by atoms with Crippen LogP contribution in [-0.4, -0.2) is 17.5 Å². The quantitative estimate of drug-likeness (QED) is 0.214. The van der Waals surface area contributed by atoms with E-state index in [2.05, 4.69) is 83.4 Å². The molecule has 33 heavy (non-hydrogen) atoms. The molecule has 4 aromatic carbocycles. The van der Waals surface area contributed by atoms with Crippen molar-refractivity contribution in [2.45, 2.75) is 13.8 Å². The lowest BCUT2D eigenvalue weighted by atomic mass is 9.97. The maximum Gasteiger partial charge on any atom is 0.163 e. The van der Waals surface area contributed by atoms with Crippen LogP contribution in [0.1, 0.15) is 19.4 Å². The minimum absolute atomic E-state index is 0.00255. The molecule has 0 amide bonds. The molecule has 0 aliphatic carbocycles. The first-order valence-corrected chi connectivity index (χ1v) is 11.0. The number of Topliss-reactive ketones (excluding diaryl/α,β-unsaturated/α-hetero) is 1.